The quantitative estimate of drug-likeness (QED) is 0.380. The molecular formula is C30H36N2O2. The maximum Gasteiger partial charge on any atom is 0.120 e. The largest absolute Gasteiger partial charge is 0.491 e. The van der Waals surface area contributed by atoms with Crippen LogP contribution < -0.4 is 4.74 Å². The third kappa shape index (κ3) is 5.75. The Morgan fingerprint density at radius 2 is 1.85 bits per heavy atom. The zero-order valence-corrected chi connectivity index (χ0v) is 20.6. The number of hydrogen-bond acceptors (Lipinski definition) is 4. The zero-order chi connectivity index (χ0) is 23.9. The maximum absolute atomic E-state index is 10.6. The van der Waals surface area contributed by atoms with E-state index in [1.807, 2.05) is 31.3 Å². The van der Waals surface area contributed by atoms with Crippen LogP contribution in [0.5, 0.6) is 5.75 Å². The van der Waals surface area contributed by atoms with E-state index < -0.39 is 6.10 Å². The van der Waals surface area contributed by atoms with Gasteiger partial charge in [0.1, 0.15) is 18.5 Å². The van der Waals surface area contributed by atoms with Crippen LogP contribution in [0.3, 0.4) is 0 Å². The van der Waals surface area contributed by atoms with Gasteiger partial charge in [0.2, 0.25) is 0 Å². The molecule has 2 unspecified atom stereocenters. The summed E-state index contributed by atoms with van der Waals surface area (Å²) in [6.45, 7) is 9.15. The van der Waals surface area contributed by atoms with Gasteiger partial charge in [0.05, 0.1) is 5.69 Å². The predicted octanol–water partition coefficient (Wildman–Crippen LogP) is 6.39. The van der Waals surface area contributed by atoms with Crippen LogP contribution in [0, 0.1) is 0 Å². The summed E-state index contributed by atoms with van der Waals surface area (Å²) in [7, 11) is 0. The molecule has 1 N–H and O–H groups in total. The van der Waals surface area contributed by atoms with Crippen LogP contribution in [-0.4, -0.2) is 42.0 Å². The number of ether oxygens (including phenoxy) is 1. The number of β-amino-alcohol motifs (C(OH)–C–C–N with tert-alkyl or cyclic N) is 1. The summed E-state index contributed by atoms with van der Waals surface area (Å²) in [5.41, 5.74) is 7.26. The molecule has 0 saturated carbocycles. The van der Waals surface area contributed by atoms with Gasteiger partial charge < -0.3 is 9.84 Å². The number of aliphatic imine (C=N–C) groups is 1. The summed E-state index contributed by atoms with van der Waals surface area (Å²) in [5.74, 6) is 1.20. The third-order valence-electron chi connectivity index (χ3n) is 6.73. The van der Waals surface area contributed by atoms with Crippen molar-refractivity contribution in [2.45, 2.75) is 52.2 Å². The first-order valence-corrected chi connectivity index (χ1v) is 12.4. The van der Waals surface area contributed by atoms with Crippen LogP contribution in [0.2, 0.25) is 0 Å². The topological polar surface area (TPSA) is 45.1 Å². The number of hydrogen-bond donors (Lipinski definition) is 1. The van der Waals surface area contributed by atoms with Crippen LogP contribution in [-0.2, 0) is 13.0 Å². The summed E-state index contributed by atoms with van der Waals surface area (Å²) >= 11 is 0. The molecule has 4 nitrogen and oxygen atoms in total. The number of para-hydroxylation sites is 1. The fraction of sp³-hybridized carbons (Fsp3) is 0.367. The SMILES string of the molecule is CC=Nc1c(-c2cccc(OCC(O)CN3CCc4ccccc4C3)c2)cccc1C(C)CC. The molecule has 0 amide bonds. The number of aliphatic hydroxyl groups excluding tert-OH is 1. The summed E-state index contributed by atoms with van der Waals surface area (Å²) in [5, 5.41) is 10.6. The predicted molar refractivity (Wildman–Crippen MR) is 141 cm³/mol. The number of rotatable bonds is 9. The molecular weight excluding hydrogens is 420 g/mol. The Labute approximate surface area is 203 Å². The molecule has 0 saturated heterocycles. The van der Waals surface area contributed by atoms with Crippen molar-refractivity contribution in [3.8, 4) is 16.9 Å². The third-order valence-corrected chi connectivity index (χ3v) is 6.73. The Morgan fingerprint density at radius 3 is 2.65 bits per heavy atom. The smallest absolute Gasteiger partial charge is 0.120 e. The van der Waals surface area contributed by atoms with Crippen molar-refractivity contribution < 1.29 is 9.84 Å². The van der Waals surface area contributed by atoms with E-state index >= 15 is 0 Å². The lowest BCUT2D eigenvalue weighted by Gasteiger charge is -2.30. The minimum Gasteiger partial charge on any atom is -0.491 e. The maximum atomic E-state index is 10.6. The molecule has 1 aliphatic heterocycles. The van der Waals surface area contributed by atoms with Crippen molar-refractivity contribution >= 4 is 11.9 Å². The highest BCUT2D eigenvalue weighted by Crippen LogP contribution is 2.38. The Balaban J connectivity index is 1.43. The molecule has 0 spiro atoms. The van der Waals surface area contributed by atoms with Crippen LogP contribution >= 0.6 is 0 Å². The van der Waals surface area contributed by atoms with Gasteiger partial charge in [-0.1, -0.05) is 68.4 Å². The van der Waals surface area contributed by atoms with E-state index in [4.69, 9.17) is 9.73 Å². The monoisotopic (exact) mass is 456 g/mol. The zero-order valence-electron chi connectivity index (χ0n) is 20.6. The van der Waals surface area contributed by atoms with Gasteiger partial charge >= 0.3 is 0 Å². The number of aliphatic hydroxyl groups is 1. The fourth-order valence-electron chi connectivity index (χ4n) is 4.69. The van der Waals surface area contributed by atoms with Crippen molar-refractivity contribution in [1.29, 1.82) is 0 Å². The first-order valence-electron chi connectivity index (χ1n) is 12.4. The first-order chi connectivity index (χ1) is 16.6. The summed E-state index contributed by atoms with van der Waals surface area (Å²) in [4.78, 5) is 7.03. The highest BCUT2D eigenvalue weighted by Gasteiger charge is 2.19. The van der Waals surface area contributed by atoms with E-state index in [0.717, 1.165) is 48.5 Å². The highest BCUT2D eigenvalue weighted by molar-refractivity contribution is 5.81. The van der Waals surface area contributed by atoms with Crippen molar-refractivity contribution in [2.24, 2.45) is 4.99 Å². The Morgan fingerprint density at radius 1 is 1.06 bits per heavy atom. The van der Waals surface area contributed by atoms with E-state index in [0.29, 0.717) is 12.5 Å². The second kappa shape index (κ2) is 11.5. The van der Waals surface area contributed by atoms with Gasteiger partial charge in [-0.2, -0.15) is 0 Å². The van der Waals surface area contributed by atoms with Gasteiger partial charge in [0.15, 0.2) is 0 Å². The van der Waals surface area contributed by atoms with Gasteiger partial charge in [0.25, 0.3) is 0 Å². The molecule has 34 heavy (non-hydrogen) atoms. The van der Waals surface area contributed by atoms with E-state index in [9.17, 15) is 5.11 Å². The minimum atomic E-state index is -0.539. The number of benzene rings is 3. The van der Waals surface area contributed by atoms with E-state index in [1.54, 1.807) is 0 Å². The standard InChI is InChI=1S/C30H36N2O2/c1-4-22(3)28-14-9-15-29(30(28)31-5-2)24-12-8-13-27(18-24)34-21-26(33)20-32-17-16-23-10-6-7-11-25(23)19-32/h5-15,18,22,26,33H,4,16-17,19-21H2,1-3H3. The van der Waals surface area contributed by atoms with Crippen LogP contribution in [0.25, 0.3) is 11.1 Å². The lowest BCUT2D eigenvalue weighted by molar-refractivity contribution is 0.0638. The lowest BCUT2D eigenvalue weighted by atomic mass is 9.92. The Kier molecular flexibility index (Phi) is 8.15. The van der Waals surface area contributed by atoms with Gasteiger partial charge in [-0.15, -0.1) is 0 Å². The minimum absolute atomic E-state index is 0.272. The molecule has 0 fully saturated rings. The normalized spacial score (nSPS) is 15.8. The van der Waals surface area contributed by atoms with Gasteiger partial charge in [-0.25, -0.2) is 0 Å². The lowest BCUT2D eigenvalue weighted by Crippen LogP contribution is -2.38. The molecule has 0 aromatic heterocycles. The second-order valence-corrected chi connectivity index (χ2v) is 9.19. The van der Waals surface area contributed by atoms with Gasteiger partial charge in [-0.3, -0.25) is 9.89 Å². The summed E-state index contributed by atoms with van der Waals surface area (Å²) in [6, 6.07) is 23.1. The molecule has 3 aromatic rings. The average Bonchev–Trinajstić information content (AvgIpc) is 2.87. The number of fused-ring (bicyclic) bond motifs is 1. The van der Waals surface area contributed by atoms with Crippen LogP contribution in [0.1, 0.15) is 49.8 Å². The first kappa shape index (κ1) is 24.2. The average molecular weight is 457 g/mol. The Hall–Kier alpha value is -2.95. The fourth-order valence-corrected chi connectivity index (χ4v) is 4.69. The van der Waals surface area contributed by atoms with E-state index in [2.05, 4.69) is 67.3 Å². The van der Waals surface area contributed by atoms with Gasteiger partial charge in [-0.05, 0) is 60.1 Å². The Bertz CT molecular complexity index is 1120. The number of nitrogens with zero attached hydrogens (tertiary/aromatic N) is 2. The molecule has 4 rings (SSSR count). The van der Waals surface area contributed by atoms with Crippen molar-refractivity contribution in [2.75, 3.05) is 19.7 Å². The summed E-state index contributed by atoms with van der Waals surface area (Å²) in [6.07, 6.45) is 3.42. The molecule has 0 aliphatic carbocycles. The van der Waals surface area contributed by atoms with E-state index in [1.165, 1.54) is 16.7 Å². The van der Waals surface area contributed by atoms with Crippen molar-refractivity contribution in [3.63, 3.8) is 0 Å². The molecule has 0 bridgehead atoms. The summed E-state index contributed by atoms with van der Waals surface area (Å²) < 4.78 is 6.02. The second-order valence-electron chi connectivity index (χ2n) is 9.19. The molecule has 3 aromatic carbocycles. The van der Waals surface area contributed by atoms with Crippen molar-refractivity contribution in [3.05, 3.63) is 83.4 Å². The highest BCUT2D eigenvalue weighted by atomic mass is 16.5. The van der Waals surface area contributed by atoms with Gasteiger partial charge in [0, 0.05) is 31.4 Å². The van der Waals surface area contributed by atoms with Crippen molar-refractivity contribution in [1.82, 2.24) is 4.90 Å². The molecule has 4 heteroatoms. The van der Waals surface area contributed by atoms with Crippen LogP contribution in [0.15, 0.2) is 71.7 Å². The molecule has 2 atom stereocenters. The van der Waals surface area contributed by atoms with E-state index in [-0.39, 0.29) is 6.61 Å². The molecule has 178 valence electrons. The van der Waals surface area contributed by atoms with Crippen LogP contribution in [0.4, 0.5) is 5.69 Å². The molecule has 0 radical (unpaired) electrons. The molecule has 1 heterocycles. The molecule has 1 aliphatic rings.